The summed E-state index contributed by atoms with van der Waals surface area (Å²) in [5.41, 5.74) is 1.83. The maximum absolute atomic E-state index is 14.5. The Morgan fingerprint density at radius 2 is 1.51 bits per heavy atom. The Bertz CT molecular complexity index is 1660. The standard InChI is InChI=1S/C47H75N5O9/c1-12-31(6)42(51(9)46(57)40(29(2)3)49-45(56)41(30(4)5)50(8)26-24-33-20-22-35(53)23-21-33)38(60-10)28-39(54)52-25-16-19-37(52)43(61-11)32(7)44(55)48-36(47(58)59)27-34-17-14-13-15-18-34/h13-15,17-18,20-23,29-32,36-43,53-54H,12,16,19,24-28H2,1-11H3,(H,48,55)(H,49,56)(H,58,59). The number of aliphatic hydroxyl groups is 1. The first kappa shape index (κ1) is 51.3. The lowest BCUT2D eigenvalue weighted by Gasteiger charge is -2.42. The molecule has 0 bridgehead atoms. The van der Waals surface area contributed by atoms with Crippen LogP contribution in [0.3, 0.4) is 0 Å². The van der Waals surface area contributed by atoms with E-state index >= 15 is 0 Å². The predicted molar refractivity (Wildman–Crippen MR) is 237 cm³/mol. The van der Waals surface area contributed by atoms with Crippen molar-refractivity contribution < 1.29 is 44.0 Å². The van der Waals surface area contributed by atoms with E-state index in [-0.39, 0.29) is 54.2 Å². The van der Waals surface area contributed by atoms with Crippen LogP contribution in [0.5, 0.6) is 5.75 Å². The molecule has 14 heteroatoms. The smallest absolute Gasteiger partial charge is 0.326 e. The lowest BCUT2D eigenvalue weighted by Crippen LogP contribution is -2.60. The van der Waals surface area contributed by atoms with Gasteiger partial charge in [-0.05, 0) is 67.3 Å². The molecule has 0 saturated carbocycles. The van der Waals surface area contributed by atoms with E-state index in [1.54, 1.807) is 38.1 Å². The number of ether oxygens (including phenoxy) is 2. The highest BCUT2D eigenvalue weighted by molar-refractivity contribution is 5.90. The molecule has 2 aromatic carbocycles. The second kappa shape index (κ2) is 24.5. The highest BCUT2D eigenvalue weighted by Crippen LogP contribution is 2.31. The third-order valence-corrected chi connectivity index (χ3v) is 12.6. The van der Waals surface area contributed by atoms with Gasteiger partial charge in [0, 0.05) is 53.2 Å². The quantitative estimate of drug-likeness (QED) is 0.0946. The number of carbonyl (C=O) groups is 4. The van der Waals surface area contributed by atoms with E-state index in [1.807, 2.05) is 93.9 Å². The minimum Gasteiger partial charge on any atom is -0.508 e. The zero-order chi connectivity index (χ0) is 45.6. The molecule has 1 fully saturated rings. The Balaban J connectivity index is 1.76. The van der Waals surface area contributed by atoms with Crippen LogP contribution < -0.4 is 10.6 Å². The van der Waals surface area contributed by atoms with Crippen molar-refractivity contribution >= 4 is 23.7 Å². The molecule has 3 rings (SSSR count). The van der Waals surface area contributed by atoms with Crippen molar-refractivity contribution in [2.45, 2.75) is 136 Å². The SMILES string of the molecule is CCC(C)C(C(CC(O)N1CCCC1C(OC)C(C)C(=O)NC(Cc1ccccc1)C(=O)O)OC)N(C)C(=O)C(NC(=O)C(C(C)C)N(C)CCc1ccc(O)cc1)C(C)C. The summed E-state index contributed by atoms with van der Waals surface area (Å²) >= 11 is 0. The van der Waals surface area contributed by atoms with Crippen molar-refractivity contribution in [1.82, 2.24) is 25.3 Å². The Morgan fingerprint density at radius 1 is 0.869 bits per heavy atom. The number of phenolic OH excluding ortho intramolecular Hbond substituents is 1. The number of benzene rings is 2. The van der Waals surface area contributed by atoms with Gasteiger partial charge in [0.25, 0.3) is 0 Å². The molecule has 1 aliphatic rings. The maximum atomic E-state index is 14.5. The molecule has 14 nitrogen and oxygen atoms in total. The van der Waals surface area contributed by atoms with E-state index in [2.05, 4.69) is 17.6 Å². The fourth-order valence-electron chi connectivity index (χ4n) is 8.93. The summed E-state index contributed by atoms with van der Waals surface area (Å²) < 4.78 is 12.0. The number of carboxylic acids is 1. The third kappa shape index (κ3) is 14.2. The van der Waals surface area contributed by atoms with Crippen LogP contribution in [-0.2, 0) is 41.5 Å². The molecule has 1 aliphatic heterocycles. The number of hydrogen-bond acceptors (Lipinski definition) is 10. The zero-order valence-corrected chi connectivity index (χ0v) is 38.4. The van der Waals surface area contributed by atoms with Crippen LogP contribution in [0.1, 0.15) is 85.3 Å². The van der Waals surface area contributed by atoms with Crippen LogP contribution in [0.4, 0.5) is 0 Å². The molecule has 1 saturated heterocycles. The van der Waals surface area contributed by atoms with Gasteiger partial charge < -0.3 is 40.3 Å². The number of aliphatic carboxylic acids is 1. The Morgan fingerprint density at radius 3 is 2.05 bits per heavy atom. The summed E-state index contributed by atoms with van der Waals surface area (Å²) in [6.45, 7) is 14.8. The number of phenols is 1. The van der Waals surface area contributed by atoms with Gasteiger partial charge in [0.1, 0.15) is 24.1 Å². The van der Waals surface area contributed by atoms with Crippen molar-refractivity contribution in [2.75, 3.05) is 41.4 Å². The molecule has 1 heterocycles. The number of methoxy groups -OCH3 is 2. The number of carbonyl (C=O) groups excluding carboxylic acids is 3. The number of carboxylic acid groups (broad SMARTS) is 1. The number of hydrogen-bond donors (Lipinski definition) is 5. The van der Waals surface area contributed by atoms with Gasteiger partial charge in [0.15, 0.2) is 0 Å². The molecule has 0 spiro atoms. The molecular formula is C47H75N5O9. The van der Waals surface area contributed by atoms with Crippen LogP contribution in [0.2, 0.25) is 0 Å². The lowest BCUT2D eigenvalue weighted by atomic mass is 9.89. The number of amides is 3. The number of rotatable bonds is 25. The fraction of sp³-hybridized carbons (Fsp3) is 0.660. The minimum atomic E-state index is -1.13. The second-order valence-corrected chi connectivity index (χ2v) is 17.7. The average Bonchev–Trinajstić information content (AvgIpc) is 3.71. The molecule has 0 radical (unpaired) electrons. The van der Waals surface area contributed by atoms with Gasteiger partial charge in [-0.25, -0.2) is 4.79 Å². The summed E-state index contributed by atoms with van der Waals surface area (Å²) in [6.07, 6.45) is 0.884. The number of likely N-dealkylation sites (N-methyl/N-ethyl adjacent to an activating group) is 2. The molecular weight excluding hydrogens is 779 g/mol. The number of aliphatic hydroxyl groups excluding tert-OH is 1. The third-order valence-electron chi connectivity index (χ3n) is 12.6. The molecule has 10 unspecified atom stereocenters. The number of nitrogens with zero attached hydrogens (tertiary/aromatic N) is 3. The van der Waals surface area contributed by atoms with E-state index < -0.39 is 60.4 Å². The highest BCUT2D eigenvalue weighted by Gasteiger charge is 2.44. The molecule has 2 aromatic rings. The molecule has 3 amide bonds. The van der Waals surface area contributed by atoms with E-state index in [0.717, 1.165) is 24.0 Å². The van der Waals surface area contributed by atoms with Gasteiger partial charge in [-0.2, -0.15) is 0 Å². The first-order chi connectivity index (χ1) is 28.9. The number of likely N-dealkylation sites (tertiary alicyclic amines) is 1. The summed E-state index contributed by atoms with van der Waals surface area (Å²) in [7, 11) is 6.75. The first-order valence-corrected chi connectivity index (χ1v) is 22.0. The number of aromatic hydroxyl groups is 1. The van der Waals surface area contributed by atoms with Crippen molar-refractivity contribution in [2.24, 2.45) is 23.7 Å². The van der Waals surface area contributed by atoms with Gasteiger partial charge in [-0.15, -0.1) is 0 Å². The predicted octanol–water partition coefficient (Wildman–Crippen LogP) is 4.56. The number of nitrogens with one attached hydrogen (secondary N) is 2. The van der Waals surface area contributed by atoms with Gasteiger partial charge >= 0.3 is 5.97 Å². The molecule has 61 heavy (non-hydrogen) atoms. The molecule has 0 aromatic heterocycles. The van der Waals surface area contributed by atoms with Crippen molar-refractivity contribution in [1.29, 1.82) is 0 Å². The zero-order valence-electron chi connectivity index (χ0n) is 38.4. The van der Waals surface area contributed by atoms with Gasteiger partial charge in [-0.3, -0.25) is 24.2 Å². The Hall–Kier alpha value is -4.08. The Labute approximate surface area is 364 Å². The van der Waals surface area contributed by atoms with Crippen LogP contribution >= 0.6 is 0 Å². The summed E-state index contributed by atoms with van der Waals surface area (Å²) in [6, 6.07) is 12.9. The fourth-order valence-corrected chi connectivity index (χ4v) is 8.93. The van der Waals surface area contributed by atoms with Crippen molar-refractivity contribution in [3.05, 3.63) is 65.7 Å². The van der Waals surface area contributed by atoms with Crippen molar-refractivity contribution in [3.63, 3.8) is 0 Å². The van der Waals surface area contributed by atoms with Crippen LogP contribution in [0.15, 0.2) is 54.6 Å². The monoisotopic (exact) mass is 854 g/mol. The summed E-state index contributed by atoms with van der Waals surface area (Å²) in [5.74, 6) is -2.88. The summed E-state index contributed by atoms with van der Waals surface area (Å²) in [4.78, 5) is 59.9. The van der Waals surface area contributed by atoms with Crippen LogP contribution in [0.25, 0.3) is 0 Å². The molecule has 5 N–H and O–H groups in total. The van der Waals surface area contributed by atoms with E-state index in [4.69, 9.17) is 9.47 Å². The van der Waals surface area contributed by atoms with Crippen molar-refractivity contribution in [3.8, 4) is 5.75 Å². The first-order valence-electron chi connectivity index (χ1n) is 22.0. The largest absolute Gasteiger partial charge is 0.508 e. The second-order valence-electron chi connectivity index (χ2n) is 17.7. The highest BCUT2D eigenvalue weighted by atomic mass is 16.5. The lowest BCUT2D eigenvalue weighted by molar-refractivity contribution is -0.147. The molecule has 10 atom stereocenters. The minimum absolute atomic E-state index is 0.0352. The van der Waals surface area contributed by atoms with Crippen LogP contribution in [-0.4, -0.2) is 144 Å². The van der Waals surface area contributed by atoms with E-state index in [9.17, 15) is 34.5 Å². The van der Waals surface area contributed by atoms with E-state index in [0.29, 0.717) is 25.9 Å². The van der Waals surface area contributed by atoms with Gasteiger partial charge in [-0.1, -0.05) is 97.4 Å². The van der Waals surface area contributed by atoms with Gasteiger partial charge in [0.2, 0.25) is 17.7 Å². The maximum Gasteiger partial charge on any atom is 0.326 e. The topological polar surface area (TPSA) is 181 Å². The van der Waals surface area contributed by atoms with Crippen LogP contribution in [0, 0.1) is 23.7 Å². The van der Waals surface area contributed by atoms with Gasteiger partial charge in [0.05, 0.1) is 30.2 Å². The molecule has 342 valence electrons. The average molecular weight is 854 g/mol. The normalized spacial score (nSPS) is 19.1. The van der Waals surface area contributed by atoms with E-state index in [1.165, 1.54) is 7.11 Å². The Kier molecular flexibility index (Phi) is 20.6. The summed E-state index contributed by atoms with van der Waals surface area (Å²) in [5, 5.41) is 37.4. The molecule has 0 aliphatic carbocycles.